The third-order valence-corrected chi connectivity index (χ3v) is 3.08. The number of hydrogen-bond donors (Lipinski definition) is 3. The summed E-state index contributed by atoms with van der Waals surface area (Å²) in [4.78, 5) is 22.4. The lowest BCUT2D eigenvalue weighted by Gasteiger charge is -2.19. The first-order valence-corrected chi connectivity index (χ1v) is 5.87. The monoisotopic (exact) mass is 265 g/mol. The van der Waals surface area contributed by atoms with E-state index in [-0.39, 0.29) is 18.7 Å². The number of aliphatic hydroxyl groups excluding tert-OH is 2. The number of benzene rings is 1. The van der Waals surface area contributed by atoms with Crippen LogP contribution in [0.5, 0.6) is 0 Å². The zero-order chi connectivity index (χ0) is 14.0. The average Bonchev–Trinajstić information content (AvgIpc) is 2.77. The SMILES string of the molecule is COC(=O)CC(O)C(O)c1cccc2c1NC(=O)C2. The molecule has 2 atom stereocenters. The van der Waals surface area contributed by atoms with Gasteiger partial charge in [0.15, 0.2) is 0 Å². The Labute approximate surface area is 110 Å². The molecule has 0 fully saturated rings. The van der Waals surface area contributed by atoms with Crippen LogP contribution in [-0.4, -0.2) is 35.3 Å². The lowest BCUT2D eigenvalue weighted by Crippen LogP contribution is -2.23. The van der Waals surface area contributed by atoms with E-state index < -0.39 is 18.2 Å². The molecule has 0 aromatic heterocycles. The number of nitrogens with one attached hydrogen (secondary N) is 1. The standard InChI is InChI=1S/C13H15NO5/c1-19-11(17)6-9(15)13(18)8-4-2-3-7-5-10(16)14-12(7)8/h2-4,9,13,15,18H,5-6H2,1H3,(H,14,16). The number of carbonyl (C=O) groups is 2. The first-order chi connectivity index (χ1) is 9.02. The van der Waals surface area contributed by atoms with Crippen molar-refractivity contribution < 1.29 is 24.5 Å². The van der Waals surface area contributed by atoms with Crippen molar-refractivity contribution in [2.24, 2.45) is 0 Å². The molecule has 0 spiro atoms. The van der Waals surface area contributed by atoms with Crippen LogP contribution in [0, 0.1) is 0 Å². The molecule has 0 radical (unpaired) electrons. The van der Waals surface area contributed by atoms with E-state index in [1.165, 1.54) is 7.11 Å². The highest BCUT2D eigenvalue weighted by molar-refractivity contribution is 6.00. The van der Waals surface area contributed by atoms with Gasteiger partial charge in [-0.05, 0) is 5.56 Å². The summed E-state index contributed by atoms with van der Waals surface area (Å²) in [6.07, 6.45) is -2.60. The zero-order valence-corrected chi connectivity index (χ0v) is 10.4. The van der Waals surface area contributed by atoms with Gasteiger partial charge in [0.05, 0.1) is 31.7 Å². The molecule has 6 heteroatoms. The molecule has 2 unspecified atom stereocenters. The summed E-state index contributed by atoms with van der Waals surface area (Å²) in [5.74, 6) is -0.764. The number of hydrogen-bond acceptors (Lipinski definition) is 5. The van der Waals surface area contributed by atoms with Crippen LogP contribution in [0.1, 0.15) is 23.7 Å². The van der Waals surface area contributed by atoms with Crippen molar-refractivity contribution in [3.8, 4) is 0 Å². The molecule has 0 aliphatic carbocycles. The molecule has 1 aromatic carbocycles. The van der Waals surface area contributed by atoms with E-state index in [0.717, 1.165) is 5.56 Å². The predicted molar refractivity (Wildman–Crippen MR) is 66.4 cm³/mol. The Morgan fingerprint density at radius 2 is 2.21 bits per heavy atom. The molecule has 6 nitrogen and oxygen atoms in total. The van der Waals surface area contributed by atoms with Crippen LogP contribution >= 0.6 is 0 Å². The summed E-state index contributed by atoms with van der Waals surface area (Å²) in [6, 6.07) is 5.08. The van der Waals surface area contributed by atoms with Crippen molar-refractivity contribution in [2.45, 2.75) is 25.0 Å². The largest absolute Gasteiger partial charge is 0.469 e. The second-order valence-electron chi connectivity index (χ2n) is 4.40. The fourth-order valence-corrected chi connectivity index (χ4v) is 2.10. The highest BCUT2D eigenvalue weighted by atomic mass is 16.5. The van der Waals surface area contributed by atoms with Gasteiger partial charge in [-0.25, -0.2) is 0 Å². The number of rotatable bonds is 4. The van der Waals surface area contributed by atoms with Gasteiger partial charge in [0.25, 0.3) is 0 Å². The highest BCUT2D eigenvalue weighted by Gasteiger charge is 2.28. The van der Waals surface area contributed by atoms with Crippen molar-refractivity contribution >= 4 is 17.6 Å². The van der Waals surface area contributed by atoms with Crippen molar-refractivity contribution in [3.05, 3.63) is 29.3 Å². The molecular formula is C13H15NO5. The second kappa shape index (κ2) is 5.38. The topological polar surface area (TPSA) is 95.9 Å². The summed E-state index contributed by atoms with van der Waals surface area (Å²) in [6.45, 7) is 0. The molecule has 102 valence electrons. The van der Waals surface area contributed by atoms with Crippen LogP contribution in [0.4, 0.5) is 5.69 Å². The predicted octanol–water partition coefficient (Wildman–Crippen LogP) is 0.139. The molecule has 0 saturated carbocycles. The van der Waals surface area contributed by atoms with E-state index in [1.54, 1.807) is 18.2 Å². The van der Waals surface area contributed by atoms with Crippen molar-refractivity contribution in [2.75, 3.05) is 12.4 Å². The minimum absolute atomic E-state index is 0.155. The van der Waals surface area contributed by atoms with E-state index in [1.807, 2.05) is 0 Å². The molecule has 1 heterocycles. The minimum Gasteiger partial charge on any atom is -0.469 e. The van der Waals surface area contributed by atoms with E-state index in [4.69, 9.17) is 0 Å². The van der Waals surface area contributed by atoms with Gasteiger partial charge < -0.3 is 20.3 Å². The Balaban J connectivity index is 2.21. The third-order valence-electron chi connectivity index (χ3n) is 3.08. The fraction of sp³-hybridized carbons (Fsp3) is 0.385. The number of methoxy groups -OCH3 is 1. The Hall–Kier alpha value is -1.92. The maximum absolute atomic E-state index is 11.3. The van der Waals surface area contributed by atoms with Crippen molar-refractivity contribution in [1.29, 1.82) is 0 Å². The zero-order valence-electron chi connectivity index (χ0n) is 10.4. The highest BCUT2D eigenvalue weighted by Crippen LogP contribution is 2.33. The number of aliphatic hydroxyl groups is 2. The summed E-state index contributed by atoms with van der Waals surface area (Å²) in [7, 11) is 1.21. The lowest BCUT2D eigenvalue weighted by molar-refractivity contribution is -0.144. The number of amides is 1. The minimum atomic E-state index is -1.28. The number of fused-ring (bicyclic) bond motifs is 1. The Kier molecular flexibility index (Phi) is 3.82. The number of para-hydroxylation sites is 1. The van der Waals surface area contributed by atoms with Crippen molar-refractivity contribution in [1.82, 2.24) is 0 Å². The Morgan fingerprint density at radius 3 is 2.89 bits per heavy atom. The van der Waals surface area contributed by atoms with Gasteiger partial charge in [-0.2, -0.15) is 0 Å². The molecule has 2 rings (SSSR count). The van der Waals surface area contributed by atoms with E-state index in [2.05, 4.69) is 10.1 Å². The Morgan fingerprint density at radius 1 is 1.47 bits per heavy atom. The number of carbonyl (C=O) groups excluding carboxylic acids is 2. The second-order valence-corrected chi connectivity index (χ2v) is 4.40. The van der Waals surface area contributed by atoms with Crippen molar-refractivity contribution in [3.63, 3.8) is 0 Å². The number of esters is 1. The molecule has 19 heavy (non-hydrogen) atoms. The smallest absolute Gasteiger partial charge is 0.308 e. The third kappa shape index (κ3) is 2.74. The van der Waals surface area contributed by atoms with Gasteiger partial charge in [-0.1, -0.05) is 18.2 Å². The lowest BCUT2D eigenvalue weighted by atomic mass is 9.98. The molecule has 3 N–H and O–H groups in total. The van der Waals surface area contributed by atoms with Gasteiger partial charge >= 0.3 is 5.97 Å². The van der Waals surface area contributed by atoms with Crippen LogP contribution in [0.15, 0.2) is 18.2 Å². The quantitative estimate of drug-likeness (QED) is 0.673. The van der Waals surface area contributed by atoms with Crippen LogP contribution in [0.3, 0.4) is 0 Å². The molecule has 1 amide bonds. The molecular weight excluding hydrogens is 250 g/mol. The van der Waals surface area contributed by atoms with Gasteiger partial charge in [0, 0.05) is 5.56 Å². The summed E-state index contributed by atoms with van der Waals surface area (Å²) in [5.41, 5.74) is 1.69. The summed E-state index contributed by atoms with van der Waals surface area (Å²) >= 11 is 0. The van der Waals surface area contributed by atoms with E-state index in [9.17, 15) is 19.8 Å². The van der Waals surface area contributed by atoms with E-state index in [0.29, 0.717) is 11.3 Å². The molecule has 0 saturated heterocycles. The van der Waals surface area contributed by atoms with Gasteiger partial charge in [-0.15, -0.1) is 0 Å². The van der Waals surface area contributed by atoms with Crippen LogP contribution in [0.2, 0.25) is 0 Å². The summed E-state index contributed by atoms with van der Waals surface area (Å²) < 4.78 is 4.44. The van der Waals surface area contributed by atoms with Gasteiger partial charge in [0.1, 0.15) is 6.10 Å². The number of ether oxygens (including phenoxy) is 1. The molecule has 1 aliphatic rings. The molecule has 1 aliphatic heterocycles. The van der Waals surface area contributed by atoms with Gasteiger partial charge in [0.2, 0.25) is 5.91 Å². The van der Waals surface area contributed by atoms with Crippen LogP contribution in [-0.2, 0) is 20.7 Å². The van der Waals surface area contributed by atoms with E-state index >= 15 is 0 Å². The van der Waals surface area contributed by atoms with Crippen LogP contribution in [0.25, 0.3) is 0 Å². The Bertz CT molecular complexity index is 514. The van der Waals surface area contributed by atoms with Gasteiger partial charge in [-0.3, -0.25) is 9.59 Å². The maximum Gasteiger partial charge on any atom is 0.308 e. The first kappa shape index (κ1) is 13.5. The average molecular weight is 265 g/mol. The fourth-order valence-electron chi connectivity index (χ4n) is 2.10. The molecule has 1 aromatic rings. The maximum atomic E-state index is 11.3. The first-order valence-electron chi connectivity index (χ1n) is 5.87. The molecule has 0 bridgehead atoms. The number of anilines is 1. The summed E-state index contributed by atoms with van der Waals surface area (Å²) in [5, 5.41) is 22.5. The normalized spacial score (nSPS) is 16.5. The van der Waals surface area contributed by atoms with Crippen LogP contribution < -0.4 is 5.32 Å².